The Kier molecular flexibility index (Phi) is 4.43. The van der Waals surface area contributed by atoms with Gasteiger partial charge < -0.3 is 9.84 Å². The maximum Gasteiger partial charge on any atom is 0.265 e. The van der Waals surface area contributed by atoms with E-state index in [2.05, 4.69) is 21.6 Å². The topological polar surface area (TPSA) is 108 Å². The molecule has 1 unspecified atom stereocenters. The molecule has 152 valence electrons. The summed E-state index contributed by atoms with van der Waals surface area (Å²) in [6, 6.07) is 7.34. The summed E-state index contributed by atoms with van der Waals surface area (Å²) in [7, 11) is 0. The Morgan fingerprint density at radius 1 is 1.33 bits per heavy atom. The molecule has 30 heavy (non-hydrogen) atoms. The third kappa shape index (κ3) is 3.09. The van der Waals surface area contributed by atoms with Crippen molar-refractivity contribution < 1.29 is 9.32 Å². The predicted molar refractivity (Wildman–Crippen MR) is 112 cm³/mol. The number of nitrogens with one attached hydrogen (secondary N) is 1. The first-order valence-corrected chi connectivity index (χ1v) is 10.4. The lowest BCUT2D eigenvalue weighted by atomic mass is 10.1. The number of thioether (sulfide) groups is 1. The van der Waals surface area contributed by atoms with Gasteiger partial charge in [-0.1, -0.05) is 34.6 Å². The molecule has 9 nitrogen and oxygen atoms in total. The third-order valence-electron chi connectivity index (χ3n) is 5.08. The van der Waals surface area contributed by atoms with Gasteiger partial charge in [0, 0.05) is 18.2 Å². The third-order valence-corrected chi connectivity index (χ3v) is 6.18. The van der Waals surface area contributed by atoms with E-state index in [-0.39, 0.29) is 23.9 Å². The predicted octanol–water partition coefficient (Wildman–Crippen LogP) is 2.86. The molecule has 4 heterocycles. The van der Waals surface area contributed by atoms with E-state index in [1.165, 1.54) is 18.0 Å². The molecule has 1 N–H and O–H groups in total. The van der Waals surface area contributed by atoms with Crippen LogP contribution in [0.5, 0.6) is 0 Å². The van der Waals surface area contributed by atoms with Gasteiger partial charge in [0.1, 0.15) is 11.6 Å². The number of hydrogen-bond acceptors (Lipinski definition) is 7. The summed E-state index contributed by atoms with van der Waals surface area (Å²) in [5.41, 5.74) is 3.44. The number of benzene rings is 1. The Morgan fingerprint density at radius 2 is 2.20 bits per heavy atom. The minimum atomic E-state index is -0.286. The van der Waals surface area contributed by atoms with Crippen molar-refractivity contribution in [2.45, 2.75) is 31.5 Å². The highest BCUT2D eigenvalue weighted by molar-refractivity contribution is 7.99. The van der Waals surface area contributed by atoms with Crippen molar-refractivity contribution in [1.82, 2.24) is 24.5 Å². The van der Waals surface area contributed by atoms with Crippen LogP contribution in [-0.2, 0) is 4.79 Å². The second-order valence-corrected chi connectivity index (χ2v) is 8.24. The molecule has 1 aliphatic rings. The smallest absolute Gasteiger partial charge is 0.265 e. The van der Waals surface area contributed by atoms with E-state index in [0.29, 0.717) is 27.8 Å². The number of carbonyl (C=O) groups excluding carboxylic acids is 1. The van der Waals surface area contributed by atoms with E-state index in [4.69, 9.17) is 9.51 Å². The van der Waals surface area contributed by atoms with E-state index in [9.17, 15) is 9.59 Å². The number of hydrogen-bond donors (Lipinski definition) is 1. The fourth-order valence-electron chi connectivity index (χ4n) is 3.69. The van der Waals surface area contributed by atoms with Gasteiger partial charge in [-0.05, 0) is 25.5 Å². The van der Waals surface area contributed by atoms with Gasteiger partial charge in [0.05, 0.1) is 17.9 Å². The number of aryl methyl sites for hydroxylation is 2. The van der Waals surface area contributed by atoms with Crippen molar-refractivity contribution in [3.05, 3.63) is 58.2 Å². The van der Waals surface area contributed by atoms with Crippen molar-refractivity contribution in [3.8, 4) is 5.69 Å². The average molecular weight is 422 g/mol. The van der Waals surface area contributed by atoms with Crippen LogP contribution in [0.4, 0.5) is 5.82 Å². The highest BCUT2D eigenvalue weighted by Gasteiger charge is 2.30. The number of amides is 1. The van der Waals surface area contributed by atoms with Crippen LogP contribution in [0.1, 0.15) is 23.6 Å². The molecule has 0 spiro atoms. The van der Waals surface area contributed by atoms with Crippen LogP contribution < -0.4 is 10.9 Å². The molecule has 0 aliphatic carbocycles. The van der Waals surface area contributed by atoms with Crippen LogP contribution in [0.15, 0.2) is 51.2 Å². The van der Waals surface area contributed by atoms with Gasteiger partial charge >= 0.3 is 0 Å². The number of carbonyl (C=O) groups is 1. The lowest BCUT2D eigenvalue weighted by molar-refractivity contribution is -0.116. The summed E-state index contributed by atoms with van der Waals surface area (Å²) in [4.78, 5) is 30.3. The molecule has 5 rings (SSSR count). The number of anilines is 1. The fourth-order valence-corrected chi connectivity index (χ4v) is 4.82. The molecule has 1 aromatic carbocycles. The van der Waals surface area contributed by atoms with Crippen LogP contribution in [-0.4, -0.2) is 36.1 Å². The van der Waals surface area contributed by atoms with Crippen molar-refractivity contribution in [2.75, 3.05) is 11.1 Å². The maximum atomic E-state index is 13.2. The van der Waals surface area contributed by atoms with E-state index < -0.39 is 0 Å². The second kappa shape index (κ2) is 7.13. The van der Waals surface area contributed by atoms with E-state index in [0.717, 1.165) is 16.8 Å². The first-order chi connectivity index (χ1) is 14.5. The largest absolute Gasteiger partial charge is 0.363 e. The Morgan fingerprint density at radius 3 is 2.97 bits per heavy atom. The molecule has 1 amide bonds. The summed E-state index contributed by atoms with van der Waals surface area (Å²) < 4.78 is 8.03. The zero-order valence-electron chi connectivity index (χ0n) is 16.3. The standard InChI is InChI=1S/C20H18N6O3S/c1-11-3-4-15(12(2)7-11)26-18-14(9-21-26)19(28)25-13(10-30-20(25)23-18)8-17(27)22-16-5-6-29-24-16/h3-7,9,13H,8,10H2,1-2H3,(H,22,24,27). The average Bonchev–Trinajstić information content (AvgIpc) is 3.43. The highest BCUT2D eigenvalue weighted by Crippen LogP contribution is 2.33. The molecule has 4 aromatic rings. The van der Waals surface area contributed by atoms with Gasteiger partial charge in [-0.2, -0.15) is 5.10 Å². The van der Waals surface area contributed by atoms with E-state index in [1.54, 1.807) is 21.5 Å². The van der Waals surface area contributed by atoms with Gasteiger partial charge in [-0.3, -0.25) is 14.2 Å². The van der Waals surface area contributed by atoms with Gasteiger partial charge in [0.15, 0.2) is 16.6 Å². The normalized spacial score (nSPS) is 15.5. The molecule has 10 heteroatoms. The van der Waals surface area contributed by atoms with E-state index in [1.807, 2.05) is 26.0 Å². The molecular formula is C20H18N6O3S. The maximum absolute atomic E-state index is 13.2. The first-order valence-electron chi connectivity index (χ1n) is 9.42. The second-order valence-electron chi connectivity index (χ2n) is 7.25. The molecule has 0 radical (unpaired) electrons. The van der Waals surface area contributed by atoms with Crippen LogP contribution in [0.3, 0.4) is 0 Å². The van der Waals surface area contributed by atoms with Crippen LogP contribution in [0, 0.1) is 13.8 Å². The molecule has 0 saturated carbocycles. The molecule has 0 bridgehead atoms. The number of rotatable bonds is 4. The summed E-state index contributed by atoms with van der Waals surface area (Å²) in [6.45, 7) is 4.04. The van der Waals surface area contributed by atoms with Gasteiger partial charge in [-0.15, -0.1) is 0 Å². The fraction of sp³-hybridized carbons (Fsp3) is 0.250. The quantitative estimate of drug-likeness (QED) is 0.504. The minimum Gasteiger partial charge on any atom is -0.363 e. The Bertz CT molecular complexity index is 1320. The first kappa shape index (κ1) is 18.6. The van der Waals surface area contributed by atoms with Crippen LogP contribution >= 0.6 is 11.8 Å². The van der Waals surface area contributed by atoms with E-state index >= 15 is 0 Å². The summed E-state index contributed by atoms with van der Waals surface area (Å²) in [5.74, 6) is 0.708. The molecule has 3 aromatic heterocycles. The van der Waals surface area contributed by atoms with Crippen LogP contribution in [0.2, 0.25) is 0 Å². The van der Waals surface area contributed by atoms with Crippen molar-refractivity contribution in [3.63, 3.8) is 0 Å². The molecule has 0 fully saturated rings. The van der Waals surface area contributed by atoms with Crippen molar-refractivity contribution in [1.29, 1.82) is 0 Å². The Balaban J connectivity index is 1.50. The monoisotopic (exact) mass is 422 g/mol. The van der Waals surface area contributed by atoms with Crippen molar-refractivity contribution in [2.24, 2.45) is 0 Å². The molecular weight excluding hydrogens is 404 g/mol. The number of aromatic nitrogens is 5. The SMILES string of the molecule is Cc1ccc(-n2ncc3c(=O)n4c(nc32)SCC4CC(=O)Nc2ccon2)c(C)c1. The lowest BCUT2D eigenvalue weighted by Crippen LogP contribution is -2.27. The van der Waals surface area contributed by atoms with Gasteiger partial charge in [0.2, 0.25) is 5.91 Å². The van der Waals surface area contributed by atoms with Gasteiger partial charge in [0.25, 0.3) is 5.56 Å². The Labute approximate surface area is 175 Å². The zero-order chi connectivity index (χ0) is 20.8. The minimum absolute atomic E-state index is 0.144. The van der Waals surface area contributed by atoms with Crippen molar-refractivity contribution >= 4 is 34.5 Å². The Hall–Kier alpha value is -3.40. The molecule has 0 saturated heterocycles. The number of nitrogens with zero attached hydrogens (tertiary/aromatic N) is 5. The summed E-state index contributed by atoms with van der Waals surface area (Å²) in [6.07, 6.45) is 3.08. The summed E-state index contributed by atoms with van der Waals surface area (Å²) >= 11 is 1.47. The molecule has 1 atom stereocenters. The van der Waals surface area contributed by atoms with Crippen LogP contribution in [0.25, 0.3) is 16.7 Å². The zero-order valence-corrected chi connectivity index (χ0v) is 17.1. The van der Waals surface area contributed by atoms with Gasteiger partial charge in [-0.25, -0.2) is 9.67 Å². The molecule has 1 aliphatic heterocycles. The number of fused-ring (bicyclic) bond motifs is 2. The lowest BCUT2D eigenvalue weighted by Gasteiger charge is -2.13. The summed E-state index contributed by atoms with van der Waals surface area (Å²) in [5, 5.41) is 11.8. The highest BCUT2D eigenvalue weighted by atomic mass is 32.2.